The predicted octanol–water partition coefficient (Wildman–Crippen LogP) is 4.84. The Morgan fingerprint density at radius 3 is 2.71 bits per heavy atom. The Kier molecular flexibility index (Phi) is 4.05. The van der Waals surface area contributed by atoms with Gasteiger partial charge >= 0.3 is 5.97 Å². The number of rotatable bonds is 3. The van der Waals surface area contributed by atoms with Gasteiger partial charge in [-0.1, -0.05) is 38.5 Å². The van der Waals surface area contributed by atoms with Gasteiger partial charge in [-0.15, -0.1) is 0 Å². The van der Waals surface area contributed by atoms with Gasteiger partial charge in [0.2, 0.25) is 0 Å². The lowest BCUT2D eigenvalue weighted by molar-refractivity contribution is -0.0410. The van der Waals surface area contributed by atoms with Gasteiger partial charge in [-0.3, -0.25) is 0 Å². The molecular formula is C19H26O2. The van der Waals surface area contributed by atoms with Gasteiger partial charge in [-0.05, 0) is 55.6 Å². The first kappa shape index (κ1) is 14.6. The SMILES string of the molecule is CC[C@H]1CC[C@H]2[C@@H](OC(=O)c3ccccc3)CCC[C@]12C. The van der Waals surface area contributed by atoms with Crippen LogP contribution in [-0.4, -0.2) is 12.1 Å². The van der Waals surface area contributed by atoms with Crippen LogP contribution in [-0.2, 0) is 4.74 Å². The Balaban J connectivity index is 1.73. The summed E-state index contributed by atoms with van der Waals surface area (Å²) in [4.78, 5) is 12.3. The summed E-state index contributed by atoms with van der Waals surface area (Å²) in [5.41, 5.74) is 1.06. The second-order valence-corrected chi connectivity index (χ2v) is 7.00. The molecular weight excluding hydrogens is 260 g/mol. The Bertz CT molecular complexity index is 496. The van der Waals surface area contributed by atoms with Gasteiger partial charge in [0.25, 0.3) is 0 Å². The number of fused-ring (bicyclic) bond motifs is 1. The molecule has 0 aliphatic heterocycles. The highest BCUT2D eigenvalue weighted by atomic mass is 16.5. The van der Waals surface area contributed by atoms with Gasteiger partial charge in [-0.25, -0.2) is 4.79 Å². The van der Waals surface area contributed by atoms with E-state index in [9.17, 15) is 4.79 Å². The Labute approximate surface area is 127 Å². The van der Waals surface area contributed by atoms with Gasteiger partial charge < -0.3 is 4.74 Å². The van der Waals surface area contributed by atoms with Crippen molar-refractivity contribution >= 4 is 5.97 Å². The molecule has 114 valence electrons. The van der Waals surface area contributed by atoms with Crippen LogP contribution >= 0.6 is 0 Å². The van der Waals surface area contributed by atoms with Gasteiger partial charge in [0.05, 0.1) is 5.56 Å². The third kappa shape index (κ3) is 2.61. The predicted molar refractivity (Wildman–Crippen MR) is 84.1 cm³/mol. The van der Waals surface area contributed by atoms with E-state index in [2.05, 4.69) is 13.8 Å². The molecule has 1 aromatic carbocycles. The van der Waals surface area contributed by atoms with Crippen molar-refractivity contribution in [1.29, 1.82) is 0 Å². The molecule has 4 atom stereocenters. The van der Waals surface area contributed by atoms with Crippen molar-refractivity contribution in [1.82, 2.24) is 0 Å². The maximum atomic E-state index is 12.3. The van der Waals surface area contributed by atoms with Crippen molar-refractivity contribution in [2.45, 2.75) is 58.5 Å². The summed E-state index contributed by atoms with van der Waals surface area (Å²) in [6, 6.07) is 9.40. The molecule has 0 spiro atoms. The molecule has 0 aromatic heterocycles. The number of ether oxygens (including phenoxy) is 1. The molecule has 2 nitrogen and oxygen atoms in total. The first-order chi connectivity index (χ1) is 10.1. The van der Waals surface area contributed by atoms with E-state index in [0.717, 1.165) is 12.3 Å². The lowest BCUT2D eigenvalue weighted by Crippen LogP contribution is -2.41. The van der Waals surface area contributed by atoms with E-state index in [-0.39, 0.29) is 12.1 Å². The molecule has 0 amide bonds. The fourth-order valence-electron chi connectivity index (χ4n) is 4.82. The van der Waals surface area contributed by atoms with Crippen LogP contribution in [0.1, 0.15) is 62.7 Å². The molecule has 2 aliphatic carbocycles. The van der Waals surface area contributed by atoms with Gasteiger partial charge in [0.1, 0.15) is 6.10 Å². The van der Waals surface area contributed by atoms with Crippen LogP contribution in [0.4, 0.5) is 0 Å². The molecule has 0 radical (unpaired) electrons. The molecule has 0 N–H and O–H groups in total. The largest absolute Gasteiger partial charge is 0.458 e. The summed E-state index contributed by atoms with van der Waals surface area (Å²) in [6.07, 6.45) is 7.43. The number of hydrogen-bond acceptors (Lipinski definition) is 2. The molecule has 0 bridgehead atoms. The summed E-state index contributed by atoms with van der Waals surface area (Å²) in [5, 5.41) is 0. The number of hydrogen-bond donors (Lipinski definition) is 0. The quantitative estimate of drug-likeness (QED) is 0.743. The van der Waals surface area contributed by atoms with Crippen molar-refractivity contribution in [2.24, 2.45) is 17.3 Å². The summed E-state index contributed by atoms with van der Waals surface area (Å²) in [6.45, 7) is 4.74. The molecule has 0 unspecified atom stereocenters. The first-order valence-corrected chi connectivity index (χ1v) is 8.41. The van der Waals surface area contributed by atoms with E-state index in [1.807, 2.05) is 30.3 Å². The van der Waals surface area contributed by atoms with Crippen molar-refractivity contribution in [3.63, 3.8) is 0 Å². The van der Waals surface area contributed by atoms with Crippen molar-refractivity contribution in [3.8, 4) is 0 Å². The monoisotopic (exact) mass is 286 g/mol. The van der Waals surface area contributed by atoms with Crippen molar-refractivity contribution in [2.75, 3.05) is 0 Å². The van der Waals surface area contributed by atoms with Gasteiger partial charge in [0, 0.05) is 5.92 Å². The van der Waals surface area contributed by atoms with Crippen molar-refractivity contribution in [3.05, 3.63) is 35.9 Å². The normalized spacial score (nSPS) is 35.2. The summed E-state index contributed by atoms with van der Waals surface area (Å²) in [5.74, 6) is 1.22. The average molecular weight is 286 g/mol. The summed E-state index contributed by atoms with van der Waals surface area (Å²) < 4.78 is 5.91. The summed E-state index contributed by atoms with van der Waals surface area (Å²) >= 11 is 0. The van der Waals surface area contributed by atoms with E-state index < -0.39 is 0 Å². The van der Waals surface area contributed by atoms with Crippen LogP contribution in [0, 0.1) is 17.3 Å². The minimum absolute atomic E-state index is 0.119. The van der Waals surface area contributed by atoms with Crippen LogP contribution in [0.3, 0.4) is 0 Å². The second-order valence-electron chi connectivity index (χ2n) is 7.00. The Morgan fingerprint density at radius 2 is 2.00 bits per heavy atom. The van der Waals surface area contributed by atoms with E-state index >= 15 is 0 Å². The Hall–Kier alpha value is -1.31. The molecule has 2 heteroatoms. The zero-order valence-corrected chi connectivity index (χ0v) is 13.2. The van der Waals surface area contributed by atoms with Crippen LogP contribution < -0.4 is 0 Å². The average Bonchev–Trinajstić information content (AvgIpc) is 2.85. The fourth-order valence-corrected chi connectivity index (χ4v) is 4.82. The van der Waals surface area contributed by atoms with E-state index in [1.165, 1.54) is 32.1 Å². The van der Waals surface area contributed by atoms with E-state index in [1.54, 1.807) is 0 Å². The molecule has 0 heterocycles. The van der Waals surface area contributed by atoms with Crippen LogP contribution in [0.15, 0.2) is 30.3 Å². The number of carbonyl (C=O) groups excluding carboxylic acids is 1. The minimum Gasteiger partial charge on any atom is -0.458 e. The third-order valence-corrected chi connectivity index (χ3v) is 6.02. The first-order valence-electron chi connectivity index (χ1n) is 8.41. The Morgan fingerprint density at radius 1 is 1.24 bits per heavy atom. The number of esters is 1. The number of carbonyl (C=O) groups is 1. The highest BCUT2D eigenvalue weighted by molar-refractivity contribution is 5.89. The molecule has 0 saturated heterocycles. The standard InChI is InChI=1S/C19H26O2/c1-3-15-11-12-16-17(10-7-13-19(15,16)2)21-18(20)14-8-5-4-6-9-14/h4-6,8-9,15-17H,3,7,10-13H2,1-2H3/t15-,16-,17-,19+/m0/s1. The van der Waals surface area contributed by atoms with Gasteiger partial charge in [0.15, 0.2) is 0 Å². The topological polar surface area (TPSA) is 26.3 Å². The molecule has 3 rings (SSSR count). The molecule has 1 aromatic rings. The van der Waals surface area contributed by atoms with E-state index in [4.69, 9.17) is 4.74 Å². The van der Waals surface area contributed by atoms with Gasteiger partial charge in [-0.2, -0.15) is 0 Å². The van der Waals surface area contributed by atoms with Crippen LogP contribution in [0.2, 0.25) is 0 Å². The highest BCUT2D eigenvalue weighted by Gasteiger charge is 2.51. The molecule has 2 aliphatic rings. The van der Waals surface area contributed by atoms with E-state index in [0.29, 0.717) is 16.9 Å². The summed E-state index contributed by atoms with van der Waals surface area (Å²) in [7, 11) is 0. The molecule has 21 heavy (non-hydrogen) atoms. The molecule has 2 saturated carbocycles. The lowest BCUT2D eigenvalue weighted by Gasteiger charge is -2.44. The van der Waals surface area contributed by atoms with Crippen LogP contribution in [0.25, 0.3) is 0 Å². The van der Waals surface area contributed by atoms with Crippen LogP contribution in [0.5, 0.6) is 0 Å². The second kappa shape index (κ2) is 5.82. The maximum absolute atomic E-state index is 12.3. The maximum Gasteiger partial charge on any atom is 0.338 e. The zero-order chi connectivity index (χ0) is 14.9. The minimum atomic E-state index is -0.148. The molecule has 2 fully saturated rings. The number of benzene rings is 1. The smallest absolute Gasteiger partial charge is 0.338 e. The van der Waals surface area contributed by atoms with Crippen molar-refractivity contribution < 1.29 is 9.53 Å². The highest BCUT2D eigenvalue weighted by Crippen LogP contribution is 2.57. The fraction of sp³-hybridized carbons (Fsp3) is 0.632. The lowest BCUT2D eigenvalue weighted by atomic mass is 9.64. The zero-order valence-electron chi connectivity index (χ0n) is 13.2. The third-order valence-electron chi connectivity index (χ3n) is 6.02.